The molecule has 1 N–H and O–H groups in total. The first-order chi connectivity index (χ1) is 12.2. The summed E-state index contributed by atoms with van der Waals surface area (Å²) in [7, 11) is 1.48. The summed E-state index contributed by atoms with van der Waals surface area (Å²) >= 11 is 0. The third kappa shape index (κ3) is 2.57. The molecule has 4 rings (SSSR count). The van der Waals surface area contributed by atoms with E-state index < -0.39 is 0 Å². The Labute approximate surface area is 142 Å². The monoisotopic (exact) mass is 335 g/mol. The number of aromatic amines is 1. The van der Waals surface area contributed by atoms with Gasteiger partial charge in [0.05, 0.1) is 23.9 Å². The highest BCUT2D eigenvalue weighted by atomic mass is 19.1. The van der Waals surface area contributed by atoms with Crippen molar-refractivity contribution in [1.82, 2.24) is 14.8 Å². The summed E-state index contributed by atoms with van der Waals surface area (Å²) in [6.07, 6.45) is 0. The van der Waals surface area contributed by atoms with Crippen LogP contribution in [-0.4, -0.2) is 21.9 Å². The number of H-pyrrole nitrogens is 1. The summed E-state index contributed by atoms with van der Waals surface area (Å²) in [6.45, 7) is 0. The van der Waals surface area contributed by atoms with E-state index in [0.717, 1.165) is 5.69 Å². The van der Waals surface area contributed by atoms with E-state index in [-0.39, 0.29) is 11.4 Å². The first-order valence-electron chi connectivity index (χ1n) is 7.68. The molecule has 25 heavy (non-hydrogen) atoms. The summed E-state index contributed by atoms with van der Waals surface area (Å²) in [6, 6.07) is 17.0. The molecule has 5 nitrogen and oxygen atoms in total. The SMILES string of the molecule is COc1cc(F)ccc1-c1ccc2c(=O)n(-c3ccccc3)[nH]c2n1. The van der Waals surface area contributed by atoms with Crippen molar-refractivity contribution in [2.24, 2.45) is 0 Å². The molecule has 4 aromatic rings. The largest absolute Gasteiger partial charge is 0.496 e. The Hall–Kier alpha value is -3.41. The minimum Gasteiger partial charge on any atom is -0.496 e. The molecule has 0 unspecified atom stereocenters. The van der Waals surface area contributed by atoms with E-state index in [0.29, 0.717) is 28.0 Å². The van der Waals surface area contributed by atoms with Crippen LogP contribution in [0.5, 0.6) is 5.75 Å². The fourth-order valence-electron chi connectivity index (χ4n) is 2.78. The predicted octanol–water partition coefficient (Wildman–Crippen LogP) is 3.53. The van der Waals surface area contributed by atoms with Gasteiger partial charge in [-0.2, -0.15) is 0 Å². The number of para-hydroxylation sites is 1. The van der Waals surface area contributed by atoms with Crippen LogP contribution in [-0.2, 0) is 0 Å². The van der Waals surface area contributed by atoms with Gasteiger partial charge in [-0.3, -0.25) is 9.89 Å². The molecule has 0 atom stereocenters. The average molecular weight is 335 g/mol. The van der Waals surface area contributed by atoms with Crippen LogP contribution >= 0.6 is 0 Å². The lowest BCUT2D eigenvalue weighted by molar-refractivity contribution is 0.413. The molecule has 0 fully saturated rings. The van der Waals surface area contributed by atoms with Crippen LogP contribution in [0.3, 0.4) is 0 Å². The lowest BCUT2D eigenvalue weighted by Crippen LogP contribution is -2.13. The zero-order valence-electron chi connectivity index (χ0n) is 13.4. The van der Waals surface area contributed by atoms with E-state index in [1.807, 2.05) is 30.3 Å². The molecule has 0 amide bonds. The second-order valence-corrected chi connectivity index (χ2v) is 5.53. The van der Waals surface area contributed by atoms with Gasteiger partial charge in [0.15, 0.2) is 5.65 Å². The van der Waals surface area contributed by atoms with E-state index >= 15 is 0 Å². The van der Waals surface area contributed by atoms with Gasteiger partial charge in [-0.15, -0.1) is 0 Å². The molecular weight excluding hydrogens is 321 g/mol. The number of nitrogens with zero attached hydrogens (tertiary/aromatic N) is 2. The van der Waals surface area contributed by atoms with Gasteiger partial charge in [0.25, 0.3) is 5.56 Å². The predicted molar refractivity (Wildman–Crippen MR) is 93.6 cm³/mol. The highest BCUT2D eigenvalue weighted by Crippen LogP contribution is 2.29. The number of fused-ring (bicyclic) bond motifs is 1. The summed E-state index contributed by atoms with van der Waals surface area (Å²) in [4.78, 5) is 17.1. The zero-order chi connectivity index (χ0) is 17.4. The second kappa shape index (κ2) is 5.90. The molecule has 0 aliphatic heterocycles. The maximum absolute atomic E-state index is 13.4. The molecule has 0 radical (unpaired) electrons. The van der Waals surface area contributed by atoms with Crippen LogP contribution in [0.2, 0.25) is 0 Å². The van der Waals surface area contributed by atoms with Gasteiger partial charge in [0.2, 0.25) is 0 Å². The number of ether oxygens (including phenoxy) is 1. The summed E-state index contributed by atoms with van der Waals surface area (Å²) in [5.41, 5.74) is 2.25. The normalized spacial score (nSPS) is 11.0. The molecule has 6 heteroatoms. The average Bonchev–Trinajstić information content (AvgIpc) is 2.98. The number of aromatic nitrogens is 3. The highest BCUT2D eigenvalue weighted by molar-refractivity contribution is 5.79. The topological polar surface area (TPSA) is 59.9 Å². The van der Waals surface area contributed by atoms with Crippen molar-refractivity contribution in [2.75, 3.05) is 7.11 Å². The Bertz CT molecular complexity index is 1120. The molecule has 2 heterocycles. The van der Waals surface area contributed by atoms with Crippen LogP contribution in [0.1, 0.15) is 0 Å². The number of halogens is 1. The number of hydrogen-bond acceptors (Lipinski definition) is 3. The molecule has 0 spiro atoms. The number of pyridine rings is 1. The number of rotatable bonds is 3. The molecule has 0 aliphatic carbocycles. The molecule has 0 saturated carbocycles. The minimum absolute atomic E-state index is 0.175. The highest BCUT2D eigenvalue weighted by Gasteiger charge is 2.13. The van der Waals surface area contributed by atoms with Gasteiger partial charge >= 0.3 is 0 Å². The van der Waals surface area contributed by atoms with Crippen molar-refractivity contribution in [2.45, 2.75) is 0 Å². The van der Waals surface area contributed by atoms with Crippen molar-refractivity contribution in [3.63, 3.8) is 0 Å². The van der Waals surface area contributed by atoms with Crippen LogP contribution < -0.4 is 10.3 Å². The Balaban J connectivity index is 1.88. The fraction of sp³-hybridized carbons (Fsp3) is 0.0526. The molecule has 0 aliphatic rings. The number of nitrogens with one attached hydrogen (secondary N) is 1. The van der Waals surface area contributed by atoms with Gasteiger partial charge in [-0.05, 0) is 36.4 Å². The Morgan fingerprint density at radius 3 is 2.64 bits per heavy atom. The molecular formula is C19H14FN3O2. The second-order valence-electron chi connectivity index (χ2n) is 5.53. The summed E-state index contributed by atoms with van der Waals surface area (Å²) in [5, 5.41) is 3.50. The Morgan fingerprint density at radius 1 is 1.08 bits per heavy atom. The number of methoxy groups -OCH3 is 1. The molecule has 124 valence electrons. The number of benzene rings is 2. The van der Waals surface area contributed by atoms with Crippen LogP contribution in [0.25, 0.3) is 28.0 Å². The lowest BCUT2D eigenvalue weighted by Gasteiger charge is -2.07. The maximum atomic E-state index is 13.4. The van der Waals surface area contributed by atoms with E-state index in [1.54, 1.807) is 18.2 Å². The van der Waals surface area contributed by atoms with Crippen LogP contribution in [0, 0.1) is 5.82 Å². The molecule has 0 saturated heterocycles. The zero-order valence-corrected chi connectivity index (χ0v) is 13.4. The first-order valence-corrected chi connectivity index (χ1v) is 7.68. The van der Waals surface area contributed by atoms with Gasteiger partial charge in [-0.1, -0.05) is 18.2 Å². The van der Waals surface area contributed by atoms with Crippen molar-refractivity contribution in [3.8, 4) is 22.7 Å². The summed E-state index contributed by atoms with van der Waals surface area (Å²) < 4.78 is 20.1. The third-order valence-electron chi connectivity index (χ3n) is 4.00. The van der Waals surface area contributed by atoms with Crippen molar-refractivity contribution < 1.29 is 9.13 Å². The Kier molecular flexibility index (Phi) is 3.57. The van der Waals surface area contributed by atoms with Gasteiger partial charge in [0, 0.05) is 11.6 Å². The quantitative estimate of drug-likeness (QED) is 0.623. The maximum Gasteiger partial charge on any atom is 0.280 e. The van der Waals surface area contributed by atoms with E-state index in [4.69, 9.17) is 4.74 Å². The Morgan fingerprint density at radius 2 is 1.88 bits per heavy atom. The standard InChI is InChI=1S/C19H14FN3O2/c1-25-17-11-12(20)7-8-14(17)16-10-9-15-18(21-16)22-23(19(15)24)13-5-3-2-4-6-13/h2-11H,1H3,(H,21,22). The molecule has 2 aromatic heterocycles. The first kappa shape index (κ1) is 15.1. The molecule has 0 bridgehead atoms. The smallest absolute Gasteiger partial charge is 0.280 e. The van der Waals surface area contributed by atoms with Crippen molar-refractivity contribution in [3.05, 3.63) is 76.8 Å². The van der Waals surface area contributed by atoms with Crippen LogP contribution in [0.4, 0.5) is 4.39 Å². The van der Waals surface area contributed by atoms with Gasteiger partial charge in [0.1, 0.15) is 11.6 Å². The van der Waals surface area contributed by atoms with Crippen LogP contribution in [0.15, 0.2) is 65.5 Å². The molecule has 2 aromatic carbocycles. The van der Waals surface area contributed by atoms with Crippen molar-refractivity contribution in [1.29, 1.82) is 0 Å². The third-order valence-corrected chi connectivity index (χ3v) is 4.00. The lowest BCUT2D eigenvalue weighted by atomic mass is 10.1. The van der Waals surface area contributed by atoms with Gasteiger partial charge in [-0.25, -0.2) is 14.1 Å². The van der Waals surface area contributed by atoms with E-state index in [9.17, 15) is 9.18 Å². The van der Waals surface area contributed by atoms with E-state index in [1.165, 1.54) is 23.9 Å². The summed E-state index contributed by atoms with van der Waals surface area (Å²) in [5.74, 6) is 0.00186. The van der Waals surface area contributed by atoms with Crippen molar-refractivity contribution >= 4 is 11.0 Å². The minimum atomic E-state index is -0.384. The van der Waals surface area contributed by atoms with Gasteiger partial charge < -0.3 is 4.74 Å². The fourth-order valence-corrected chi connectivity index (χ4v) is 2.78. The van der Waals surface area contributed by atoms with E-state index in [2.05, 4.69) is 10.1 Å². The number of hydrogen-bond donors (Lipinski definition) is 1.